The summed E-state index contributed by atoms with van der Waals surface area (Å²) in [5.74, 6) is -0.424. The fraction of sp³-hybridized carbons (Fsp3) is 0.417. The molecule has 7 heteroatoms. The molecular weight excluding hydrogens is 433 g/mol. The Balaban J connectivity index is 1.66. The number of benzene rings is 2. The van der Waals surface area contributed by atoms with E-state index in [0.717, 1.165) is 24.9 Å². The first-order valence-corrected chi connectivity index (χ1v) is 11.3. The fourth-order valence-corrected chi connectivity index (χ4v) is 4.21. The number of likely N-dealkylation sites (tertiary alicyclic amines) is 1. The van der Waals surface area contributed by atoms with Gasteiger partial charge in [0, 0.05) is 28.7 Å². The van der Waals surface area contributed by atoms with Gasteiger partial charge in [-0.1, -0.05) is 41.4 Å². The first-order valence-electron chi connectivity index (χ1n) is 10.5. The molecule has 0 bridgehead atoms. The predicted octanol–water partition coefficient (Wildman–Crippen LogP) is 5.37. The Kier molecular flexibility index (Phi) is 7.63. The summed E-state index contributed by atoms with van der Waals surface area (Å²) in [4.78, 5) is 27.9. The number of hydrogen-bond acceptors (Lipinski definition) is 3. The van der Waals surface area contributed by atoms with Crippen LogP contribution in [0.1, 0.15) is 49.5 Å². The van der Waals surface area contributed by atoms with Crippen molar-refractivity contribution in [3.05, 3.63) is 63.6 Å². The van der Waals surface area contributed by atoms with E-state index >= 15 is 0 Å². The fourth-order valence-electron chi connectivity index (χ4n) is 3.74. The molecule has 0 aromatic heterocycles. The zero-order valence-corrected chi connectivity index (χ0v) is 19.7. The molecule has 0 radical (unpaired) electrons. The molecule has 0 aliphatic carbocycles. The van der Waals surface area contributed by atoms with Crippen molar-refractivity contribution in [3.63, 3.8) is 0 Å². The molecule has 166 valence electrons. The van der Waals surface area contributed by atoms with Crippen molar-refractivity contribution >= 4 is 40.7 Å². The monoisotopic (exact) mass is 461 g/mol. The van der Waals surface area contributed by atoms with Gasteiger partial charge in [0.25, 0.3) is 5.91 Å². The van der Waals surface area contributed by atoms with Crippen LogP contribution in [0.2, 0.25) is 10.0 Å². The lowest BCUT2D eigenvalue weighted by molar-refractivity contribution is -0.121. The molecule has 31 heavy (non-hydrogen) atoms. The Morgan fingerprint density at radius 1 is 1.13 bits per heavy atom. The molecule has 1 unspecified atom stereocenters. The summed E-state index contributed by atoms with van der Waals surface area (Å²) in [7, 11) is 0. The molecule has 1 saturated heterocycles. The molecule has 2 N–H and O–H groups in total. The van der Waals surface area contributed by atoms with Gasteiger partial charge in [0.05, 0.1) is 17.2 Å². The third-order valence-electron chi connectivity index (χ3n) is 5.20. The molecule has 2 amide bonds. The largest absolute Gasteiger partial charge is 0.347 e. The van der Waals surface area contributed by atoms with E-state index < -0.39 is 0 Å². The van der Waals surface area contributed by atoms with Crippen LogP contribution in [0.3, 0.4) is 0 Å². The minimum absolute atomic E-state index is 0.0667. The van der Waals surface area contributed by atoms with Crippen molar-refractivity contribution in [2.45, 2.75) is 45.7 Å². The van der Waals surface area contributed by atoms with Gasteiger partial charge in [-0.25, -0.2) is 0 Å². The molecule has 2 aromatic rings. The van der Waals surface area contributed by atoms with Crippen LogP contribution < -0.4 is 10.6 Å². The first-order chi connectivity index (χ1) is 14.6. The Labute approximate surface area is 194 Å². The van der Waals surface area contributed by atoms with Gasteiger partial charge in [-0.05, 0) is 70.0 Å². The molecule has 1 aliphatic heterocycles. The van der Waals surface area contributed by atoms with Gasteiger partial charge in [0.2, 0.25) is 5.91 Å². The van der Waals surface area contributed by atoms with Crippen molar-refractivity contribution in [2.75, 3.05) is 18.4 Å². The van der Waals surface area contributed by atoms with E-state index in [1.165, 1.54) is 0 Å². The first kappa shape index (κ1) is 23.6. The van der Waals surface area contributed by atoms with Crippen LogP contribution in [0.4, 0.5) is 5.69 Å². The number of halogens is 2. The van der Waals surface area contributed by atoms with Crippen LogP contribution in [0.25, 0.3) is 0 Å². The van der Waals surface area contributed by atoms with Gasteiger partial charge in [-0.15, -0.1) is 0 Å². The van der Waals surface area contributed by atoms with E-state index in [0.29, 0.717) is 34.4 Å². The third-order valence-corrected chi connectivity index (χ3v) is 5.79. The molecular formula is C24H29Cl2N3O2. The predicted molar refractivity (Wildman–Crippen MR) is 127 cm³/mol. The molecule has 3 rings (SSSR count). The van der Waals surface area contributed by atoms with Crippen LogP contribution in [0.15, 0.2) is 42.5 Å². The van der Waals surface area contributed by atoms with Gasteiger partial charge in [0.1, 0.15) is 0 Å². The number of amides is 2. The minimum atomic E-state index is -0.360. The normalized spacial score (nSPS) is 17.3. The van der Waals surface area contributed by atoms with Crippen molar-refractivity contribution in [1.82, 2.24) is 10.2 Å². The summed E-state index contributed by atoms with van der Waals surface area (Å²) in [6.07, 6.45) is 1.74. The standard InChI is InChI=1S/C24H29Cl2N3O2/c1-24(2,3)28-23(31)19-8-4-5-9-21(19)27-22(30)17-7-6-12-29(15-17)14-16-10-11-18(25)13-20(16)26/h4-5,8-11,13,17H,6-7,12,14-15H2,1-3H3,(H,27,30)(H,28,31). The average molecular weight is 462 g/mol. The molecule has 0 saturated carbocycles. The number of carbonyl (C=O) groups is 2. The van der Waals surface area contributed by atoms with Crippen molar-refractivity contribution in [2.24, 2.45) is 5.92 Å². The maximum absolute atomic E-state index is 13.0. The van der Waals surface area contributed by atoms with Gasteiger partial charge in [0.15, 0.2) is 0 Å². The maximum atomic E-state index is 13.0. The molecule has 1 heterocycles. The number of nitrogens with one attached hydrogen (secondary N) is 2. The minimum Gasteiger partial charge on any atom is -0.347 e. The second-order valence-electron chi connectivity index (χ2n) is 9.05. The van der Waals surface area contributed by atoms with E-state index in [9.17, 15) is 9.59 Å². The summed E-state index contributed by atoms with van der Waals surface area (Å²) in [5, 5.41) is 7.18. The second kappa shape index (κ2) is 10.0. The Bertz CT molecular complexity index is 956. The zero-order chi connectivity index (χ0) is 22.6. The van der Waals surface area contributed by atoms with E-state index in [2.05, 4.69) is 15.5 Å². The highest BCUT2D eigenvalue weighted by atomic mass is 35.5. The van der Waals surface area contributed by atoms with Gasteiger partial charge in [-0.2, -0.15) is 0 Å². The molecule has 1 atom stereocenters. The van der Waals surface area contributed by atoms with Crippen LogP contribution >= 0.6 is 23.2 Å². The number of hydrogen-bond donors (Lipinski definition) is 2. The smallest absolute Gasteiger partial charge is 0.253 e. The molecule has 0 spiro atoms. The lowest BCUT2D eigenvalue weighted by atomic mass is 9.96. The topological polar surface area (TPSA) is 61.4 Å². The van der Waals surface area contributed by atoms with Crippen LogP contribution in [0.5, 0.6) is 0 Å². The highest BCUT2D eigenvalue weighted by molar-refractivity contribution is 6.35. The van der Waals surface area contributed by atoms with E-state index in [1.807, 2.05) is 39.0 Å². The van der Waals surface area contributed by atoms with Gasteiger partial charge < -0.3 is 10.6 Å². The Hall–Kier alpha value is -2.08. The highest BCUT2D eigenvalue weighted by Gasteiger charge is 2.27. The number of carbonyl (C=O) groups excluding carboxylic acids is 2. The highest BCUT2D eigenvalue weighted by Crippen LogP contribution is 2.26. The average Bonchev–Trinajstić information content (AvgIpc) is 2.69. The Morgan fingerprint density at radius 2 is 1.87 bits per heavy atom. The van der Waals surface area contributed by atoms with Crippen molar-refractivity contribution < 1.29 is 9.59 Å². The van der Waals surface area contributed by atoms with E-state index in [1.54, 1.807) is 24.3 Å². The van der Waals surface area contributed by atoms with E-state index in [-0.39, 0.29) is 23.3 Å². The molecule has 2 aromatic carbocycles. The van der Waals surface area contributed by atoms with E-state index in [4.69, 9.17) is 23.2 Å². The lowest BCUT2D eigenvalue weighted by Gasteiger charge is -2.32. The second-order valence-corrected chi connectivity index (χ2v) is 9.89. The lowest BCUT2D eigenvalue weighted by Crippen LogP contribution is -2.42. The maximum Gasteiger partial charge on any atom is 0.253 e. The van der Waals surface area contributed by atoms with Gasteiger partial charge in [-0.3, -0.25) is 14.5 Å². The Morgan fingerprint density at radius 3 is 2.58 bits per heavy atom. The summed E-state index contributed by atoms with van der Waals surface area (Å²) in [5.41, 5.74) is 1.64. The zero-order valence-electron chi connectivity index (χ0n) is 18.2. The van der Waals surface area contributed by atoms with Gasteiger partial charge >= 0.3 is 0 Å². The third kappa shape index (κ3) is 6.70. The van der Waals surface area contributed by atoms with Crippen LogP contribution in [0, 0.1) is 5.92 Å². The summed E-state index contributed by atoms with van der Waals surface area (Å²) in [6.45, 7) is 8.00. The van der Waals surface area contributed by atoms with Crippen LogP contribution in [-0.4, -0.2) is 35.3 Å². The van der Waals surface area contributed by atoms with Crippen LogP contribution in [-0.2, 0) is 11.3 Å². The molecule has 1 fully saturated rings. The number of anilines is 1. The number of para-hydroxylation sites is 1. The molecule has 5 nitrogen and oxygen atoms in total. The van der Waals surface area contributed by atoms with Crippen molar-refractivity contribution in [3.8, 4) is 0 Å². The summed E-state index contributed by atoms with van der Waals surface area (Å²) >= 11 is 12.3. The molecule has 1 aliphatic rings. The SMILES string of the molecule is CC(C)(C)NC(=O)c1ccccc1NC(=O)C1CCCN(Cc2ccc(Cl)cc2Cl)C1. The van der Waals surface area contributed by atoms with Crippen molar-refractivity contribution in [1.29, 1.82) is 0 Å². The number of nitrogens with zero attached hydrogens (tertiary/aromatic N) is 1. The quantitative estimate of drug-likeness (QED) is 0.628. The number of piperidine rings is 1. The summed E-state index contributed by atoms with van der Waals surface area (Å²) < 4.78 is 0. The summed E-state index contributed by atoms with van der Waals surface area (Å²) in [6, 6.07) is 12.6. The number of rotatable bonds is 5.